The van der Waals surface area contributed by atoms with Crippen molar-refractivity contribution in [1.29, 1.82) is 0 Å². The number of ether oxygens (including phenoxy) is 1. The predicted molar refractivity (Wildman–Crippen MR) is 77.5 cm³/mol. The van der Waals surface area contributed by atoms with Crippen molar-refractivity contribution in [1.82, 2.24) is 0 Å². The van der Waals surface area contributed by atoms with Crippen LogP contribution in [0.2, 0.25) is 5.02 Å². The summed E-state index contributed by atoms with van der Waals surface area (Å²) >= 11 is 9.08. The van der Waals surface area contributed by atoms with E-state index < -0.39 is 9.05 Å². The van der Waals surface area contributed by atoms with Crippen molar-refractivity contribution in [2.45, 2.75) is 24.2 Å². The summed E-state index contributed by atoms with van der Waals surface area (Å²) in [4.78, 5) is -0.181. The van der Waals surface area contributed by atoms with Crippen LogP contribution in [0.3, 0.4) is 0 Å². The van der Waals surface area contributed by atoms with Crippen LogP contribution in [0.5, 0.6) is 5.75 Å². The highest BCUT2D eigenvalue weighted by Crippen LogP contribution is 2.37. The van der Waals surface area contributed by atoms with Gasteiger partial charge in [0.15, 0.2) is 5.75 Å². The molecule has 0 unspecified atom stereocenters. The van der Waals surface area contributed by atoms with Crippen LogP contribution in [0, 0.1) is 0 Å². The molecule has 3 nitrogen and oxygen atoms in total. The molecule has 0 aromatic heterocycles. The molecule has 0 aliphatic heterocycles. The summed E-state index contributed by atoms with van der Waals surface area (Å²) in [6.07, 6.45) is 1.73. The molecule has 19 heavy (non-hydrogen) atoms. The van der Waals surface area contributed by atoms with Crippen LogP contribution in [0.1, 0.15) is 19.3 Å². The van der Waals surface area contributed by atoms with Gasteiger partial charge < -0.3 is 4.74 Å². The van der Waals surface area contributed by atoms with Crippen molar-refractivity contribution < 1.29 is 17.5 Å². The molecule has 0 amide bonds. The van der Waals surface area contributed by atoms with Gasteiger partial charge >= 0.3 is 0 Å². The van der Waals surface area contributed by atoms with Crippen LogP contribution in [0.25, 0.3) is 0 Å². The van der Waals surface area contributed by atoms with Gasteiger partial charge in [0.25, 0.3) is 9.05 Å². The van der Waals surface area contributed by atoms with E-state index in [9.17, 15) is 12.8 Å². The summed E-state index contributed by atoms with van der Waals surface area (Å²) in [5.74, 6) is 0.0279. The highest BCUT2D eigenvalue weighted by Gasteiger charge is 2.20. The summed E-state index contributed by atoms with van der Waals surface area (Å²) in [5, 5.41) is 0.152. The lowest BCUT2D eigenvalue weighted by atomic mass is 10.2. The molecule has 0 heterocycles. The Morgan fingerprint density at radius 2 is 1.95 bits per heavy atom. The Kier molecular flexibility index (Phi) is 6.86. The number of halogens is 4. The highest BCUT2D eigenvalue weighted by molar-refractivity contribution is 9.10. The van der Waals surface area contributed by atoms with E-state index in [1.807, 2.05) is 0 Å². The monoisotopic (exact) mass is 392 g/mol. The topological polar surface area (TPSA) is 43.4 Å². The quantitative estimate of drug-likeness (QED) is 0.504. The minimum absolute atomic E-state index is 0.0279. The molecule has 8 heteroatoms. The maximum Gasteiger partial charge on any atom is 0.265 e. The standard InChI is InChI=1S/C11H12BrCl2FO3S/c12-8-6-9(13)11(10(7-8)19(14,16)17)18-5-3-1-2-4-15/h6-7H,1-5H2. The van der Waals surface area contributed by atoms with Crippen molar-refractivity contribution >= 4 is 47.3 Å². The van der Waals surface area contributed by atoms with Crippen molar-refractivity contribution in [3.8, 4) is 5.75 Å². The second kappa shape index (κ2) is 7.67. The van der Waals surface area contributed by atoms with E-state index in [1.165, 1.54) is 12.1 Å². The fourth-order valence-corrected chi connectivity index (χ4v) is 3.48. The van der Waals surface area contributed by atoms with Crippen LogP contribution in [-0.2, 0) is 9.05 Å². The minimum Gasteiger partial charge on any atom is -0.491 e. The molecule has 0 aliphatic carbocycles. The number of alkyl halides is 1. The Bertz CT molecular complexity index is 537. The number of hydrogen-bond acceptors (Lipinski definition) is 3. The first-order valence-corrected chi connectivity index (χ1v) is 8.96. The molecule has 1 aromatic carbocycles. The summed E-state index contributed by atoms with van der Waals surface area (Å²) in [6, 6.07) is 2.84. The lowest BCUT2D eigenvalue weighted by Gasteiger charge is -2.11. The Morgan fingerprint density at radius 3 is 2.53 bits per heavy atom. The zero-order valence-corrected chi connectivity index (χ0v) is 13.7. The molecule has 0 bridgehead atoms. The average Bonchev–Trinajstić information content (AvgIpc) is 2.29. The first kappa shape index (κ1) is 17.0. The molecule has 1 rings (SSSR count). The molecule has 0 fully saturated rings. The van der Waals surface area contributed by atoms with Gasteiger partial charge in [-0.3, -0.25) is 4.39 Å². The van der Waals surface area contributed by atoms with Crippen LogP contribution >= 0.6 is 38.2 Å². The number of unbranched alkanes of at least 4 members (excludes halogenated alkanes) is 2. The van der Waals surface area contributed by atoms with Crippen molar-refractivity contribution in [2.75, 3.05) is 13.3 Å². The molecule has 1 aromatic rings. The third-order valence-electron chi connectivity index (χ3n) is 2.26. The number of rotatable bonds is 7. The van der Waals surface area contributed by atoms with E-state index in [2.05, 4.69) is 15.9 Å². The van der Waals surface area contributed by atoms with E-state index in [0.717, 1.165) is 0 Å². The fourth-order valence-electron chi connectivity index (χ4n) is 1.41. The Morgan fingerprint density at radius 1 is 1.26 bits per heavy atom. The van der Waals surface area contributed by atoms with E-state index in [0.29, 0.717) is 23.7 Å². The molecular weight excluding hydrogens is 382 g/mol. The van der Waals surface area contributed by atoms with Crippen molar-refractivity contribution in [3.05, 3.63) is 21.6 Å². The van der Waals surface area contributed by atoms with Gasteiger partial charge in [0.05, 0.1) is 18.3 Å². The Labute approximate surface area is 129 Å². The van der Waals surface area contributed by atoms with Gasteiger partial charge in [-0.1, -0.05) is 27.5 Å². The molecule has 108 valence electrons. The molecule has 0 saturated heterocycles. The molecule has 0 spiro atoms. The van der Waals surface area contributed by atoms with Crippen LogP contribution < -0.4 is 4.74 Å². The normalized spacial score (nSPS) is 11.6. The van der Waals surface area contributed by atoms with E-state index >= 15 is 0 Å². The summed E-state index contributed by atoms with van der Waals surface area (Å²) < 4.78 is 40.7. The van der Waals surface area contributed by atoms with Crippen molar-refractivity contribution in [2.24, 2.45) is 0 Å². The van der Waals surface area contributed by atoms with E-state index in [4.69, 9.17) is 27.0 Å². The van der Waals surface area contributed by atoms with Crippen LogP contribution in [-0.4, -0.2) is 21.7 Å². The zero-order chi connectivity index (χ0) is 14.5. The highest BCUT2D eigenvalue weighted by atomic mass is 79.9. The zero-order valence-electron chi connectivity index (χ0n) is 9.84. The van der Waals surface area contributed by atoms with Crippen LogP contribution in [0.15, 0.2) is 21.5 Å². The van der Waals surface area contributed by atoms with E-state index in [1.54, 1.807) is 0 Å². The van der Waals surface area contributed by atoms with Gasteiger partial charge in [-0.05, 0) is 31.4 Å². The number of hydrogen-bond donors (Lipinski definition) is 0. The van der Waals surface area contributed by atoms with Gasteiger partial charge in [-0.2, -0.15) is 0 Å². The van der Waals surface area contributed by atoms with Gasteiger partial charge in [0.1, 0.15) is 4.90 Å². The smallest absolute Gasteiger partial charge is 0.265 e. The van der Waals surface area contributed by atoms with Crippen molar-refractivity contribution in [3.63, 3.8) is 0 Å². The SMILES string of the molecule is O=S(=O)(Cl)c1cc(Br)cc(Cl)c1OCCCCCF. The summed E-state index contributed by atoms with van der Waals surface area (Å²) in [7, 11) is 1.38. The fraction of sp³-hybridized carbons (Fsp3) is 0.455. The third kappa shape index (κ3) is 5.45. The lowest BCUT2D eigenvalue weighted by Crippen LogP contribution is -2.03. The first-order valence-electron chi connectivity index (χ1n) is 5.48. The molecule has 0 radical (unpaired) electrons. The second-order valence-corrected chi connectivity index (χ2v) is 7.61. The number of benzene rings is 1. The molecule has 0 saturated carbocycles. The van der Waals surface area contributed by atoms with Gasteiger partial charge in [-0.15, -0.1) is 0 Å². The molecule has 0 aliphatic rings. The Balaban J connectivity index is 2.87. The maximum atomic E-state index is 11.9. The van der Waals surface area contributed by atoms with E-state index in [-0.39, 0.29) is 28.9 Å². The second-order valence-electron chi connectivity index (χ2n) is 3.75. The molecular formula is C11H12BrCl2FO3S. The third-order valence-corrected chi connectivity index (χ3v) is 4.33. The molecule has 0 N–H and O–H groups in total. The summed E-state index contributed by atoms with van der Waals surface area (Å²) in [6.45, 7) is -0.124. The molecule has 0 atom stereocenters. The average molecular weight is 394 g/mol. The van der Waals surface area contributed by atoms with Crippen LogP contribution in [0.4, 0.5) is 4.39 Å². The maximum absolute atomic E-state index is 11.9. The van der Waals surface area contributed by atoms with Gasteiger partial charge in [-0.25, -0.2) is 8.42 Å². The predicted octanol–water partition coefficient (Wildman–Crippen LogP) is 4.55. The Hall–Kier alpha value is -0.0400. The lowest BCUT2D eigenvalue weighted by molar-refractivity contribution is 0.294. The van der Waals surface area contributed by atoms with Gasteiger partial charge in [0.2, 0.25) is 0 Å². The minimum atomic E-state index is -3.95. The largest absolute Gasteiger partial charge is 0.491 e. The van der Waals surface area contributed by atoms with Gasteiger partial charge in [0, 0.05) is 15.2 Å². The summed E-state index contributed by atoms with van der Waals surface area (Å²) in [5.41, 5.74) is 0. The first-order chi connectivity index (χ1) is 8.86.